The predicted molar refractivity (Wildman–Crippen MR) is 72.9 cm³/mol. The molecule has 1 aromatic carbocycles. The van der Waals surface area contributed by atoms with Crippen LogP contribution in [0.25, 0.3) is 0 Å². The van der Waals surface area contributed by atoms with Gasteiger partial charge < -0.3 is 0 Å². The van der Waals surface area contributed by atoms with Crippen LogP contribution in [0.2, 0.25) is 0 Å². The van der Waals surface area contributed by atoms with E-state index >= 15 is 0 Å². The summed E-state index contributed by atoms with van der Waals surface area (Å²) in [5.41, 5.74) is -0.397. The van der Waals surface area contributed by atoms with E-state index < -0.39 is 21.4 Å². The van der Waals surface area contributed by atoms with Crippen LogP contribution in [0.3, 0.4) is 0 Å². The first-order chi connectivity index (χ1) is 9.50. The van der Waals surface area contributed by atoms with Crippen molar-refractivity contribution < 1.29 is 12.8 Å². The van der Waals surface area contributed by atoms with Gasteiger partial charge in [-0.25, -0.2) is 12.8 Å². The highest BCUT2D eigenvalue weighted by Gasteiger charge is 2.34. The van der Waals surface area contributed by atoms with E-state index in [1.165, 1.54) is 16.4 Å². The Hall–Kier alpha value is -1.45. The molecule has 0 bridgehead atoms. The van der Waals surface area contributed by atoms with E-state index in [1.807, 2.05) is 0 Å². The second-order valence-electron chi connectivity index (χ2n) is 5.03. The molecule has 1 aliphatic rings. The fourth-order valence-corrected chi connectivity index (χ4v) is 4.31. The molecule has 1 unspecified atom stereocenters. The van der Waals surface area contributed by atoms with Crippen molar-refractivity contribution in [3.05, 3.63) is 29.6 Å². The standard InChI is InChI=1S/C14H17FN2O2S/c1-2-4-11-7-8-17(10-11)20(18,19)14-6-3-5-13(15)12(14)9-16/h3,5-6,11H,2,4,7-8,10H2,1H3. The number of rotatable bonds is 4. The van der Waals surface area contributed by atoms with Crippen molar-refractivity contribution in [2.24, 2.45) is 5.92 Å². The number of nitriles is 1. The van der Waals surface area contributed by atoms with Gasteiger partial charge in [0.15, 0.2) is 0 Å². The molecule has 0 radical (unpaired) electrons. The highest BCUT2D eigenvalue weighted by atomic mass is 32.2. The summed E-state index contributed by atoms with van der Waals surface area (Å²) in [5.74, 6) is -0.438. The Kier molecular flexibility index (Phi) is 4.41. The SMILES string of the molecule is CCCC1CCN(S(=O)(=O)c2cccc(F)c2C#N)C1. The monoisotopic (exact) mass is 296 g/mol. The largest absolute Gasteiger partial charge is 0.244 e. The molecule has 1 aromatic rings. The van der Waals surface area contributed by atoms with Gasteiger partial charge in [-0.1, -0.05) is 19.4 Å². The minimum Gasteiger partial charge on any atom is -0.207 e. The molecule has 1 heterocycles. The van der Waals surface area contributed by atoms with Crippen molar-refractivity contribution >= 4 is 10.0 Å². The minimum absolute atomic E-state index is 0.225. The average molecular weight is 296 g/mol. The summed E-state index contributed by atoms with van der Waals surface area (Å²) in [6.45, 7) is 2.96. The van der Waals surface area contributed by atoms with Gasteiger partial charge in [-0.15, -0.1) is 0 Å². The molecule has 0 amide bonds. The first kappa shape index (κ1) is 14.9. The van der Waals surface area contributed by atoms with Gasteiger partial charge in [0, 0.05) is 13.1 Å². The van der Waals surface area contributed by atoms with E-state index in [2.05, 4.69) is 6.92 Å². The fraction of sp³-hybridized carbons (Fsp3) is 0.500. The molecule has 0 saturated carbocycles. The molecule has 0 aliphatic carbocycles. The average Bonchev–Trinajstić information content (AvgIpc) is 2.88. The number of benzene rings is 1. The van der Waals surface area contributed by atoms with Crippen LogP contribution in [0.15, 0.2) is 23.1 Å². The van der Waals surface area contributed by atoms with Gasteiger partial charge in [-0.2, -0.15) is 9.57 Å². The van der Waals surface area contributed by atoms with Crippen LogP contribution < -0.4 is 0 Å². The van der Waals surface area contributed by atoms with E-state index in [4.69, 9.17) is 5.26 Å². The van der Waals surface area contributed by atoms with Crippen LogP contribution in [0.5, 0.6) is 0 Å². The lowest BCUT2D eigenvalue weighted by molar-refractivity contribution is 0.444. The van der Waals surface area contributed by atoms with Gasteiger partial charge in [0.05, 0.1) is 0 Å². The summed E-state index contributed by atoms with van der Waals surface area (Å²) in [4.78, 5) is -0.225. The molecule has 1 saturated heterocycles. The molecule has 1 aliphatic heterocycles. The Morgan fingerprint density at radius 3 is 2.90 bits per heavy atom. The zero-order valence-corrected chi connectivity index (χ0v) is 12.2. The number of halogens is 1. The van der Waals surface area contributed by atoms with E-state index in [1.54, 1.807) is 6.07 Å². The summed E-state index contributed by atoms with van der Waals surface area (Å²) in [6.07, 6.45) is 2.83. The second kappa shape index (κ2) is 5.90. The Morgan fingerprint density at radius 2 is 2.25 bits per heavy atom. The molecule has 0 aromatic heterocycles. The van der Waals surface area contributed by atoms with Crippen molar-refractivity contribution in [3.8, 4) is 6.07 Å². The van der Waals surface area contributed by atoms with Crippen LogP contribution in [0.1, 0.15) is 31.7 Å². The van der Waals surface area contributed by atoms with Gasteiger partial charge in [-0.05, 0) is 30.9 Å². The van der Waals surface area contributed by atoms with Gasteiger partial charge >= 0.3 is 0 Å². The molecule has 0 spiro atoms. The third-order valence-corrected chi connectivity index (χ3v) is 5.56. The summed E-state index contributed by atoms with van der Waals surface area (Å²) in [6, 6.07) is 5.37. The van der Waals surface area contributed by atoms with E-state index in [-0.39, 0.29) is 4.90 Å². The van der Waals surface area contributed by atoms with Gasteiger partial charge in [0.2, 0.25) is 10.0 Å². The Balaban J connectivity index is 2.33. The van der Waals surface area contributed by atoms with Crippen molar-refractivity contribution in [2.45, 2.75) is 31.1 Å². The lowest BCUT2D eigenvalue weighted by Crippen LogP contribution is -2.29. The van der Waals surface area contributed by atoms with Gasteiger partial charge in [0.1, 0.15) is 22.3 Å². The maximum absolute atomic E-state index is 13.6. The molecule has 2 rings (SSSR count). The maximum atomic E-state index is 13.6. The zero-order chi connectivity index (χ0) is 14.8. The number of hydrogen-bond donors (Lipinski definition) is 0. The molecule has 0 N–H and O–H groups in total. The fourth-order valence-electron chi connectivity index (χ4n) is 2.63. The number of nitrogens with zero attached hydrogens (tertiary/aromatic N) is 2. The van der Waals surface area contributed by atoms with E-state index in [0.29, 0.717) is 19.0 Å². The lowest BCUT2D eigenvalue weighted by Gasteiger charge is -2.17. The summed E-state index contributed by atoms with van der Waals surface area (Å²) in [5, 5.41) is 8.97. The highest BCUT2D eigenvalue weighted by Crippen LogP contribution is 2.28. The van der Waals surface area contributed by atoms with Crippen LogP contribution in [0.4, 0.5) is 4.39 Å². The van der Waals surface area contributed by atoms with Crippen molar-refractivity contribution in [1.82, 2.24) is 4.31 Å². The van der Waals surface area contributed by atoms with Crippen LogP contribution in [-0.2, 0) is 10.0 Å². The third-order valence-electron chi connectivity index (χ3n) is 3.65. The van der Waals surface area contributed by atoms with Crippen molar-refractivity contribution in [2.75, 3.05) is 13.1 Å². The highest BCUT2D eigenvalue weighted by molar-refractivity contribution is 7.89. The first-order valence-electron chi connectivity index (χ1n) is 6.69. The summed E-state index contributed by atoms with van der Waals surface area (Å²) >= 11 is 0. The topological polar surface area (TPSA) is 61.2 Å². The first-order valence-corrected chi connectivity index (χ1v) is 8.13. The quantitative estimate of drug-likeness (QED) is 0.857. The van der Waals surface area contributed by atoms with Crippen LogP contribution >= 0.6 is 0 Å². The molecule has 108 valence electrons. The molecular weight excluding hydrogens is 279 g/mol. The molecular formula is C14H17FN2O2S. The molecule has 1 atom stereocenters. The van der Waals surface area contributed by atoms with Crippen molar-refractivity contribution in [1.29, 1.82) is 5.26 Å². The Labute approximate surface area is 118 Å². The van der Waals surface area contributed by atoms with Gasteiger partial charge in [0.25, 0.3) is 0 Å². The minimum atomic E-state index is -3.78. The third kappa shape index (κ3) is 2.69. The molecule has 1 fully saturated rings. The van der Waals surface area contributed by atoms with Crippen LogP contribution in [-0.4, -0.2) is 25.8 Å². The summed E-state index contributed by atoms with van der Waals surface area (Å²) < 4.78 is 40.0. The molecule has 20 heavy (non-hydrogen) atoms. The smallest absolute Gasteiger partial charge is 0.207 e. The predicted octanol–water partition coefficient (Wildman–Crippen LogP) is 2.51. The Bertz CT molecular complexity index is 637. The van der Waals surface area contributed by atoms with E-state index in [0.717, 1.165) is 25.3 Å². The zero-order valence-electron chi connectivity index (χ0n) is 11.3. The van der Waals surface area contributed by atoms with Crippen LogP contribution in [0, 0.1) is 23.1 Å². The second-order valence-corrected chi connectivity index (χ2v) is 6.94. The number of sulfonamides is 1. The van der Waals surface area contributed by atoms with Gasteiger partial charge in [-0.3, -0.25) is 0 Å². The number of hydrogen-bond acceptors (Lipinski definition) is 3. The van der Waals surface area contributed by atoms with E-state index in [9.17, 15) is 12.8 Å². The maximum Gasteiger partial charge on any atom is 0.244 e. The normalized spacial score (nSPS) is 19.9. The molecule has 4 nitrogen and oxygen atoms in total. The lowest BCUT2D eigenvalue weighted by atomic mass is 10.0. The van der Waals surface area contributed by atoms with Crippen molar-refractivity contribution in [3.63, 3.8) is 0 Å². The molecule has 6 heteroatoms. The summed E-state index contributed by atoms with van der Waals surface area (Å²) in [7, 11) is -3.78. The Morgan fingerprint density at radius 1 is 1.50 bits per heavy atom.